The van der Waals surface area contributed by atoms with Crippen molar-refractivity contribution >= 4 is 23.1 Å². The number of thiazole rings is 1. The van der Waals surface area contributed by atoms with Crippen LogP contribution in [-0.4, -0.2) is 43.8 Å². The minimum absolute atomic E-state index is 0.0619. The van der Waals surface area contributed by atoms with Crippen LogP contribution in [0.3, 0.4) is 0 Å². The zero-order chi connectivity index (χ0) is 21.8. The second-order valence-electron chi connectivity index (χ2n) is 7.99. The average Bonchev–Trinajstić information content (AvgIpc) is 3.22. The van der Waals surface area contributed by atoms with E-state index in [-0.39, 0.29) is 5.41 Å². The summed E-state index contributed by atoms with van der Waals surface area (Å²) in [4.78, 5) is 21.4. The van der Waals surface area contributed by atoms with Crippen molar-refractivity contribution in [2.24, 2.45) is 0 Å². The molecule has 0 spiro atoms. The molecule has 1 aliphatic carbocycles. The summed E-state index contributed by atoms with van der Waals surface area (Å²) in [6, 6.07) is 7.91. The molecule has 1 saturated carbocycles. The number of anilines is 1. The first-order valence-corrected chi connectivity index (χ1v) is 11.2. The largest absolute Gasteiger partial charge is 0.384 e. The fourth-order valence-corrected chi connectivity index (χ4v) is 4.59. The number of hydrogen-bond donors (Lipinski definition) is 3. The lowest BCUT2D eigenvalue weighted by Gasteiger charge is -2.42. The zero-order valence-electron chi connectivity index (χ0n) is 17.6. The van der Waals surface area contributed by atoms with E-state index >= 15 is 0 Å². The molecule has 1 amide bonds. The van der Waals surface area contributed by atoms with E-state index in [4.69, 9.17) is 0 Å². The Morgan fingerprint density at radius 3 is 2.74 bits per heavy atom. The lowest BCUT2D eigenvalue weighted by molar-refractivity contribution is -0.128. The van der Waals surface area contributed by atoms with E-state index in [2.05, 4.69) is 43.8 Å². The van der Waals surface area contributed by atoms with Crippen molar-refractivity contribution in [3.63, 3.8) is 0 Å². The molecule has 1 fully saturated rings. The molecule has 0 saturated heterocycles. The highest BCUT2D eigenvalue weighted by atomic mass is 32.1. The van der Waals surface area contributed by atoms with Crippen LogP contribution in [0.1, 0.15) is 42.3 Å². The molecule has 9 heteroatoms. The summed E-state index contributed by atoms with van der Waals surface area (Å²) in [7, 11) is 0. The SMILES string of the molecule is Cc1cccnc1C1(CNc2ccc(-c3ncc(CNC(=O)[C@H](C)O)s3)nn2)CCC1. The van der Waals surface area contributed by atoms with Crippen LogP contribution < -0.4 is 10.6 Å². The molecular weight excluding hydrogens is 412 g/mol. The van der Waals surface area contributed by atoms with Crippen LogP contribution in [-0.2, 0) is 16.8 Å². The molecule has 3 aromatic heterocycles. The van der Waals surface area contributed by atoms with Gasteiger partial charge in [-0.1, -0.05) is 12.5 Å². The second kappa shape index (κ2) is 9.07. The molecular formula is C22H26N6O2S. The van der Waals surface area contributed by atoms with Crippen molar-refractivity contribution in [1.29, 1.82) is 0 Å². The van der Waals surface area contributed by atoms with Gasteiger partial charge in [0.25, 0.3) is 0 Å². The van der Waals surface area contributed by atoms with E-state index in [1.165, 1.54) is 35.9 Å². The fourth-order valence-electron chi connectivity index (χ4n) is 3.77. The number of amides is 1. The number of carbonyl (C=O) groups is 1. The number of aliphatic hydroxyl groups excluding tert-OH is 1. The van der Waals surface area contributed by atoms with Gasteiger partial charge in [0.05, 0.1) is 12.2 Å². The smallest absolute Gasteiger partial charge is 0.248 e. The van der Waals surface area contributed by atoms with Crippen molar-refractivity contribution in [2.75, 3.05) is 11.9 Å². The van der Waals surface area contributed by atoms with Gasteiger partial charge in [-0.15, -0.1) is 21.5 Å². The van der Waals surface area contributed by atoms with E-state index in [0.717, 1.165) is 35.1 Å². The maximum atomic E-state index is 11.5. The third kappa shape index (κ3) is 4.72. The second-order valence-corrected chi connectivity index (χ2v) is 9.10. The molecule has 3 aromatic rings. The Morgan fingerprint density at radius 1 is 1.26 bits per heavy atom. The third-order valence-corrected chi connectivity index (χ3v) is 6.70. The van der Waals surface area contributed by atoms with Crippen molar-refractivity contribution in [3.05, 3.63) is 52.8 Å². The van der Waals surface area contributed by atoms with Gasteiger partial charge in [-0.3, -0.25) is 9.78 Å². The van der Waals surface area contributed by atoms with E-state index in [9.17, 15) is 9.90 Å². The number of hydrogen-bond acceptors (Lipinski definition) is 8. The Hall–Kier alpha value is -2.91. The summed E-state index contributed by atoms with van der Waals surface area (Å²) in [5.74, 6) is 0.319. The quantitative estimate of drug-likeness (QED) is 0.496. The van der Waals surface area contributed by atoms with Crippen LogP contribution >= 0.6 is 11.3 Å². The Labute approximate surface area is 185 Å². The fraction of sp³-hybridized carbons (Fsp3) is 0.409. The van der Waals surface area contributed by atoms with Gasteiger partial charge in [0, 0.05) is 29.2 Å². The van der Waals surface area contributed by atoms with E-state index in [1.54, 1.807) is 6.20 Å². The molecule has 0 bridgehead atoms. The van der Waals surface area contributed by atoms with E-state index in [0.29, 0.717) is 12.2 Å². The summed E-state index contributed by atoms with van der Waals surface area (Å²) in [6.07, 6.45) is 6.00. The van der Waals surface area contributed by atoms with Crippen molar-refractivity contribution < 1.29 is 9.90 Å². The molecule has 162 valence electrons. The van der Waals surface area contributed by atoms with Gasteiger partial charge in [-0.05, 0) is 50.5 Å². The number of nitrogens with zero attached hydrogens (tertiary/aromatic N) is 4. The average molecular weight is 439 g/mol. The van der Waals surface area contributed by atoms with Crippen molar-refractivity contribution in [3.8, 4) is 10.7 Å². The normalized spacial score (nSPS) is 15.7. The summed E-state index contributed by atoms with van der Waals surface area (Å²) < 4.78 is 0. The summed E-state index contributed by atoms with van der Waals surface area (Å²) in [6.45, 7) is 4.66. The van der Waals surface area contributed by atoms with E-state index < -0.39 is 12.0 Å². The number of aromatic nitrogens is 4. The van der Waals surface area contributed by atoms with Gasteiger partial charge < -0.3 is 15.7 Å². The van der Waals surface area contributed by atoms with Gasteiger partial charge in [0.1, 0.15) is 22.6 Å². The monoisotopic (exact) mass is 438 g/mol. The Morgan fingerprint density at radius 2 is 2.10 bits per heavy atom. The molecule has 1 atom stereocenters. The Kier molecular flexibility index (Phi) is 6.24. The minimum Gasteiger partial charge on any atom is -0.384 e. The summed E-state index contributed by atoms with van der Waals surface area (Å²) >= 11 is 1.44. The number of pyridine rings is 1. The molecule has 3 heterocycles. The standard InChI is InChI=1S/C22H26N6O2S/c1-14-5-3-10-23-19(14)22(8-4-9-22)13-26-18-7-6-17(27-28-18)21-25-12-16(31-21)11-24-20(30)15(2)29/h3,5-7,10,12,15,29H,4,8-9,11,13H2,1-2H3,(H,24,30)(H,26,28)/t15-/m0/s1. The van der Waals surface area contributed by atoms with Crippen LogP contribution in [0.5, 0.6) is 0 Å². The highest BCUT2D eigenvalue weighted by molar-refractivity contribution is 7.15. The van der Waals surface area contributed by atoms with Gasteiger partial charge in [0.2, 0.25) is 5.91 Å². The minimum atomic E-state index is -1.03. The molecule has 0 aliphatic heterocycles. The van der Waals surface area contributed by atoms with Crippen LogP contribution in [0.4, 0.5) is 5.82 Å². The lowest BCUT2D eigenvalue weighted by Crippen LogP contribution is -2.42. The molecule has 8 nitrogen and oxygen atoms in total. The number of carbonyl (C=O) groups excluding carboxylic acids is 1. The molecule has 0 unspecified atom stereocenters. The predicted octanol–water partition coefficient (Wildman–Crippen LogP) is 2.83. The maximum Gasteiger partial charge on any atom is 0.248 e. The van der Waals surface area contributed by atoms with Gasteiger partial charge in [0.15, 0.2) is 0 Å². The molecule has 1 aliphatic rings. The maximum absolute atomic E-state index is 11.5. The topological polar surface area (TPSA) is 113 Å². The summed E-state index contributed by atoms with van der Waals surface area (Å²) in [5, 5.41) is 24.7. The molecule has 0 radical (unpaired) electrons. The number of nitrogens with one attached hydrogen (secondary N) is 2. The molecule has 3 N–H and O–H groups in total. The van der Waals surface area contributed by atoms with E-state index in [1.807, 2.05) is 24.4 Å². The first kappa shape index (κ1) is 21.3. The van der Waals surface area contributed by atoms with Crippen LogP contribution in [0.25, 0.3) is 10.7 Å². The third-order valence-electron chi connectivity index (χ3n) is 5.68. The van der Waals surface area contributed by atoms with Crippen LogP contribution in [0, 0.1) is 6.92 Å². The van der Waals surface area contributed by atoms with Crippen LogP contribution in [0.15, 0.2) is 36.7 Å². The molecule has 31 heavy (non-hydrogen) atoms. The van der Waals surface area contributed by atoms with Gasteiger partial charge in [-0.25, -0.2) is 4.98 Å². The Balaban J connectivity index is 1.38. The highest BCUT2D eigenvalue weighted by Gasteiger charge is 2.40. The predicted molar refractivity (Wildman–Crippen MR) is 120 cm³/mol. The molecule has 4 rings (SSSR count). The highest BCUT2D eigenvalue weighted by Crippen LogP contribution is 2.44. The zero-order valence-corrected chi connectivity index (χ0v) is 18.4. The van der Waals surface area contributed by atoms with Crippen molar-refractivity contribution in [2.45, 2.75) is 51.2 Å². The Bertz CT molecular complexity index is 1050. The van der Waals surface area contributed by atoms with Crippen LogP contribution in [0.2, 0.25) is 0 Å². The molecule has 0 aromatic carbocycles. The number of rotatable bonds is 8. The van der Waals surface area contributed by atoms with Gasteiger partial charge in [-0.2, -0.15) is 0 Å². The number of aryl methyl sites for hydroxylation is 1. The van der Waals surface area contributed by atoms with Crippen molar-refractivity contribution in [1.82, 2.24) is 25.5 Å². The first-order chi connectivity index (χ1) is 15.0. The number of aliphatic hydroxyl groups is 1. The summed E-state index contributed by atoms with van der Waals surface area (Å²) in [5.41, 5.74) is 3.15. The lowest BCUT2D eigenvalue weighted by atomic mass is 9.65. The van der Waals surface area contributed by atoms with Gasteiger partial charge >= 0.3 is 0 Å². The first-order valence-electron chi connectivity index (χ1n) is 10.4.